The van der Waals surface area contributed by atoms with Gasteiger partial charge in [-0.05, 0) is 26.2 Å². The van der Waals surface area contributed by atoms with Crippen molar-refractivity contribution in [2.45, 2.75) is 81.3 Å². The monoisotopic (exact) mass is 370 g/mol. The Hall–Kier alpha value is 0.0800. The summed E-state index contributed by atoms with van der Waals surface area (Å²) in [5, 5.41) is 0. The van der Waals surface area contributed by atoms with Gasteiger partial charge in [-0.15, -0.1) is 0 Å². The maximum absolute atomic E-state index is 11.1. The van der Waals surface area contributed by atoms with Crippen molar-refractivity contribution in [2.24, 2.45) is 0 Å². The molecule has 0 fully saturated rings. The van der Waals surface area contributed by atoms with Crippen LogP contribution in [0, 0.1) is 0 Å². The lowest BCUT2D eigenvalue weighted by atomic mass is 10.1. The Bertz CT molecular complexity index is 312. The molecule has 0 rings (SSSR count). The van der Waals surface area contributed by atoms with Crippen LogP contribution in [-0.4, -0.2) is 16.4 Å². The highest BCUT2D eigenvalue weighted by Crippen LogP contribution is 2.32. The molecule has 0 aromatic heterocycles. The zero-order valence-corrected chi connectivity index (χ0v) is 15.9. The smallest absolute Gasteiger partial charge is 0.333 e. The van der Waals surface area contributed by atoms with E-state index < -0.39 is 3.79 Å². The molecule has 2 nitrogen and oxygen atoms in total. The summed E-state index contributed by atoms with van der Waals surface area (Å²) in [6.45, 7) is 5.72. The van der Waals surface area contributed by atoms with E-state index in [9.17, 15) is 4.79 Å². The van der Waals surface area contributed by atoms with Crippen LogP contribution in [0.4, 0.5) is 0 Å². The molecule has 0 aliphatic rings. The van der Waals surface area contributed by atoms with E-state index in [2.05, 4.69) is 6.58 Å². The maximum Gasteiger partial charge on any atom is 0.333 e. The Morgan fingerprint density at radius 2 is 1.27 bits per heavy atom. The average Bonchev–Trinajstić information content (AvgIpc) is 2.42. The number of ether oxygens (including phenoxy) is 1. The minimum Gasteiger partial charge on any atom is -0.462 e. The van der Waals surface area contributed by atoms with Crippen molar-refractivity contribution in [3.05, 3.63) is 12.2 Å². The van der Waals surface area contributed by atoms with Gasteiger partial charge in [0.15, 0.2) is 3.79 Å². The van der Waals surface area contributed by atoms with Gasteiger partial charge in [0, 0.05) is 5.57 Å². The van der Waals surface area contributed by atoms with Gasteiger partial charge in [-0.1, -0.05) is 92.7 Å². The van der Waals surface area contributed by atoms with Crippen molar-refractivity contribution < 1.29 is 9.53 Å². The summed E-state index contributed by atoms with van der Waals surface area (Å²) in [5.41, 5.74) is 0.467. The summed E-state index contributed by atoms with van der Waals surface area (Å²) in [7, 11) is 0. The molecule has 0 N–H and O–H groups in total. The van der Waals surface area contributed by atoms with Crippen LogP contribution in [-0.2, 0) is 9.53 Å². The fourth-order valence-electron chi connectivity index (χ4n) is 2.13. The molecule has 0 atom stereocenters. The summed E-state index contributed by atoms with van der Waals surface area (Å²) < 4.78 is 3.96. The summed E-state index contributed by atoms with van der Waals surface area (Å²) in [4.78, 5) is 11.1. The van der Waals surface area contributed by atoms with Crippen LogP contribution < -0.4 is 0 Å². The predicted octanol–water partition coefficient (Wildman–Crippen LogP) is 6.77. The number of halogens is 3. The molecule has 0 saturated carbocycles. The molecular formula is C17H29Cl3O2. The van der Waals surface area contributed by atoms with Gasteiger partial charge < -0.3 is 4.74 Å². The van der Waals surface area contributed by atoms with Crippen molar-refractivity contribution in [2.75, 3.05) is 6.61 Å². The topological polar surface area (TPSA) is 26.3 Å². The van der Waals surface area contributed by atoms with Crippen LogP contribution in [0.3, 0.4) is 0 Å². The summed E-state index contributed by atoms with van der Waals surface area (Å²) >= 11 is 17.1. The van der Waals surface area contributed by atoms with Crippen LogP contribution in [0.15, 0.2) is 12.2 Å². The molecule has 130 valence electrons. The van der Waals surface area contributed by atoms with Crippen molar-refractivity contribution in [1.29, 1.82) is 0 Å². The lowest BCUT2D eigenvalue weighted by molar-refractivity contribution is -0.139. The lowest BCUT2D eigenvalue weighted by Crippen LogP contribution is -2.05. The molecule has 0 unspecified atom stereocenters. The van der Waals surface area contributed by atoms with Gasteiger partial charge >= 0.3 is 5.97 Å². The highest BCUT2D eigenvalue weighted by molar-refractivity contribution is 6.67. The van der Waals surface area contributed by atoms with E-state index in [1.807, 2.05) is 0 Å². The molecule has 0 spiro atoms. The number of esters is 1. The Morgan fingerprint density at radius 1 is 0.864 bits per heavy atom. The third kappa shape index (κ3) is 16.5. The fourth-order valence-corrected chi connectivity index (χ4v) is 2.53. The highest BCUT2D eigenvalue weighted by Gasteiger charge is 2.17. The second-order valence-corrected chi connectivity index (χ2v) is 8.33. The Balaban J connectivity index is 3.15. The number of carbonyl (C=O) groups excluding carboxylic acids is 1. The highest BCUT2D eigenvalue weighted by atomic mass is 35.6. The summed E-state index contributed by atoms with van der Waals surface area (Å²) in [6.07, 6.45) is 12.3. The molecule has 0 aromatic rings. The van der Waals surface area contributed by atoms with Crippen molar-refractivity contribution in [1.82, 2.24) is 0 Å². The molecule has 22 heavy (non-hydrogen) atoms. The first-order valence-corrected chi connectivity index (χ1v) is 9.35. The normalized spacial score (nSPS) is 11.5. The van der Waals surface area contributed by atoms with Crippen LogP contribution in [0.1, 0.15) is 77.6 Å². The van der Waals surface area contributed by atoms with Crippen LogP contribution >= 0.6 is 34.8 Å². The SMILES string of the molecule is C=C(C)C(=O)OCCCCCCCCCCCCC(Cl)(Cl)Cl. The summed E-state index contributed by atoms with van der Waals surface area (Å²) in [6, 6.07) is 0. The van der Waals surface area contributed by atoms with Gasteiger partial charge in [-0.2, -0.15) is 0 Å². The lowest BCUT2D eigenvalue weighted by Gasteiger charge is -2.09. The predicted molar refractivity (Wildman–Crippen MR) is 96.9 cm³/mol. The Morgan fingerprint density at radius 3 is 1.68 bits per heavy atom. The third-order valence-electron chi connectivity index (χ3n) is 3.44. The van der Waals surface area contributed by atoms with Gasteiger partial charge in [0.2, 0.25) is 0 Å². The number of unbranched alkanes of at least 4 members (excludes halogenated alkanes) is 9. The van der Waals surface area contributed by atoms with E-state index >= 15 is 0 Å². The number of hydrogen-bond acceptors (Lipinski definition) is 2. The Labute approximate surface area is 150 Å². The maximum atomic E-state index is 11.1. The van der Waals surface area contributed by atoms with Crippen LogP contribution in [0.25, 0.3) is 0 Å². The van der Waals surface area contributed by atoms with E-state index in [0.717, 1.165) is 25.7 Å². The molecule has 0 bridgehead atoms. The van der Waals surface area contributed by atoms with Crippen molar-refractivity contribution in [3.8, 4) is 0 Å². The Kier molecular flexibility index (Phi) is 13.6. The average molecular weight is 372 g/mol. The molecular weight excluding hydrogens is 343 g/mol. The number of alkyl halides is 3. The number of hydrogen-bond donors (Lipinski definition) is 0. The molecule has 0 amide bonds. The first kappa shape index (κ1) is 22.1. The first-order valence-electron chi connectivity index (χ1n) is 8.22. The fraction of sp³-hybridized carbons (Fsp3) is 0.824. The standard InChI is InChI=1S/C17H29Cl3O2/c1-15(2)16(21)22-14-12-10-8-6-4-3-5-7-9-11-13-17(18,19)20/h1,3-14H2,2H3. The van der Waals surface area contributed by atoms with E-state index in [4.69, 9.17) is 39.5 Å². The first-order chi connectivity index (χ1) is 10.3. The second-order valence-electron chi connectivity index (χ2n) is 5.82. The van der Waals surface area contributed by atoms with Gasteiger partial charge in [-0.3, -0.25) is 0 Å². The van der Waals surface area contributed by atoms with Gasteiger partial charge in [0.25, 0.3) is 0 Å². The minimum absolute atomic E-state index is 0.283. The van der Waals surface area contributed by atoms with E-state index in [-0.39, 0.29) is 5.97 Å². The molecule has 0 aliphatic carbocycles. The van der Waals surface area contributed by atoms with E-state index in [0.29, 0.717) is 18.6 Å². The largest absolute Gasteiger partial charge is 0.462 e. The molecule has 0 heterocycles. The van der Waals surface area contributed by atoms with Gasteiger partial charge in [0.05, 0.1) is 6.61 Å². The molecule has 5 heteroatoms. The van der Waals surface area contributed by atoms with Crippen molar-refractivity contribution in [3.63, 3.8) is 0 Å². The van der Waals surface area contributed by atoms with E-state index in [1.165, 1.54) is 38.5 Å². The number of carbonyl (C=O) groups is 1. The molecule has 0 aliphatic heterocycles. The van der Waals surface area contributed by atoms with Crippen LogP contribution in [0.5, 0.6) is 0 Å². The summed E-state index contributed by atoms with van der Waals surface area (Å²) in [5.74, 6) is -0.283. The van der Waals surface area contributed by atoms with Gasteiger partial charge in [0.1, 0.15) is 0 Å². The van der Waals surface area contributed by atoms with Gasteiger partial charge in [-0.25, -0.2) is 4.79 Å². The minimum atomic E-state index is -1.08. The quantitative estimate of drug-likeness (QED) is 0.154. The molecule has 0 aromatic carbocycles. The molecule has 0 radical (unpaired) electrons. The van der Waals surface area contributed by atoms with Crippen LogP contribution in [0.2, 0.25) is 0 Å². The number of rotatable bonds is 13. The van der Waals surface area contributed by atoms with Crippen molar-refractivity contribution >= 4 is 40.8 Å². The molecule has 0 saturated heterocycles. The van der Waals surface area contributed by atoms with E-state index in [1.54, 1.807) is 6.92 Å². The zero-order valence-electron chi connectivity index (χ0n) is 13.6. The second kappa shape index (κ2) is 13.5. The zero-order chi connectivity index (χ0) is 16.8. The third-order valence-corrected chi connectivity index (χ3v) is 4.00.